The molecule has 2 amide bonds. The number of likely N-dealkylation sites (N-methyl/N-ethyl adjacent to an activating group) is 2. The molecule has 2 N–H and O–H groups in total. The smallest absolute Gasteiger partial charge is 0.246 e. The van der Waals surface area contributed by atoms with E-state index in [-0.39, 0.29) is 101 Å². The number of rotatable bonds is 21. The Balaban J connectivity index is -0.000000143. The molecule has 0 unspecified atom stereocenters. The average molecular weight is 1780 g/mol. The van der Waals surface area contributed by atoms with Gasteiger partial charge in [-0.05, 0) is 239 Å². The molecule has 2 rings (SSSR count). The predicted molar refractivity (Wildman–Crippen MR) is 532 cm³/mol. The number of hydrogen-bond acceptors (Lipinski definition) is 16. The highest BCUT2D eigenvalue weighted by Gasteiger charge is 2.29. The first-order valence-electron chi connectivity index (χ1n) is 43.0. The quantitative estimate of drug-likeness (QED) is 0.0614. The van der Waals surface area contributed by atoms with Crippen LogP contribution in [0.3, 0.4) is 0 Å². The Bertz CT molecular complexity index is 3750. The lowest BCUT2D eigenvalue weighted by Crippen LogP contribution is -2.45. The second kappa shape index (κ2) is 64.3. The van der Waals surface area contributed by atoms with Gasteiger partial charge in [0.05, 0.1) is 4.75 Å². The molecule has 0 aromatic heterocycles. The number of allylic oxidation sites excluding steroid dienone is 9. The van der Waals surface area contributed by atoms with Gasteiger partial charge in [-0.3, -0.25) is 47.9 Å². The van der Waals surface area contributed by atoms with Crippen LogP contribution in [-0.2, 0) is 67.8 Å². The van der Waals surface area contributed by atoms with Crippen LogP contribution in [0.2, 0.25) is 0 Å². The summed E-state index contributed by atoms with van der Waals surface area (Å²) >= 11 is 0. The van der Waals surface area contributed by atoms with E-state index in [0.717, 1.165) is 93.0 Å². The maximum Gasteiger partial charge on any atom is 0.246 e. The molecule has 0 aromatic rings. The number of nitrogens with one attached hydrogen (secondary N) is 2. The van der Waals surface area contributed by atoms with Gasteiger partial charge in [-0.15, -0.1) is 12.8 Å². The normalized spacial score (nSPS) is 13.1. The molecule has 0 saturated carbocycles. The molecule has 0 aliphatic heterocycles. The van der Waals surface area contributed by atoms with E-state index in [1.807, 2.05) is 227 Å². The average Bonchev–Trinajstić information content (AvgIpc) is 1.58. The van der Waals surface area contributed by atoms with Crippen molar-refractivity contribution in [2.24, 2.45) is 43.3 Å². The van der Waals surface area contributed by atoms with E-state index < -0.39 is 30.1 Å². The molecule has 0 spiro atoms. The molecule has 124 heavy (non-hydrogen) atoms. The summed E-state index contributed by atoms with van der Waals surface area (Å²) in [6, 6.07) is 0. The van der Waals surface area contributed by atoms with Crippen LogP contribution < -0.4 is 10.0 Å². The number of sulfonamides is 1. The number of amides is 2. The predicted octanol–water partition coefficient (Wildman–Crippen LogP) is 22.7. The van der Waals surface area contributed by atoms with E-state index in [2.05, 4.69) is 102 Å². The number of carbonyl (C=O) groups excluding carboxylic acids is 10. The summed E-state index contributed by atoms with van der Waals surface area (Å²) in [7, 11) is 1.59. The largest absolute Gasteiger partial charge is 0.348 e. The van der Waals surface area contributed by atoms with Gasteiger partial charge in [0.15, 0.2) is 44.5 Å². The molecule has 0 saturated heterocycles. The molecule has 0 aromatic carbocycles. The van der Waals surface area contributed by atoms with Crippen molar-refractivity contribution in [2.75, 3.05) is 47.8 Å². The van der Waals surface area contributed by atoms with Crippen molar-refractivity contribution in [1.29, 1.82) is 0 Å². The van der Waals surface area contributed by atoms with Crippen LogP contribution in [0, 0.1) is 68.0 Å². The third-order valence-corrected chi connectivity index (χ3v) is 18.9. The SMILES string of the molecule is C#CC(=O)C(C)(C)C.C#CC(=O)CC(C)(C)C.C=CC(=O)C(C)(C)C.C=CC(=O)N(CCC)C(C)(C)C.C=CC(=O)NC(C)(C)C.C=CS(=O)(=O)C(C)(C)C.C=CS(=O)(=O)NC(C)(C)C.CC(C)(C)C(=O)C1=CCCC1.CC(C)(C)C(=O)C1=CCCCC1.CCC/C=C/C(=O)C(C)(C)C.CN(C)C/C=C/C(=O)C(C)(C)C.CN(C)C/C=C/C(=O)CC(C)(C)C. The number of hydrogen-bond donors (Lipinski definition) is 2. The van der Waals surface area contributed by atoms with E-state index >= 15 is 0 Å². The molecule has 21 heteroatoms. The molecule has 2 aliphatic rings. The van der Waals surface area contributed by atoms with E-state index in [1.54, 1.807) is 80.5 Å². The van der Waals surface area contributed by atoms with Crippen LogP contribution in [-0.4, -0.2) is 159 Å². The molecule has 716 valence electrons. The van der Waals surface area contributed by atoms with Crippen LogP contribution in [0.15, 0.2) is 122 Å². The van der Waals surface area contributed by atoms with Crippen LogP contribution in [0.4, 0.5) is 0 Å². The molecular formula is C103H183N5O14S2. The molecule has 19 nitrogen and oxygen atoms in total. The first-order valence-corrected chi connectivity index (χ1v) is 46.1. The van der Waals surface area contributed by atoms with Crippen molar-refractivity contribution in [3.05, 3.63) is 122 Å². The van der Waals surface area contributed by atoms with Gasteiger partial charge in [0.25, 0.3) is 0 Å². The van der Waals surface area contributed by atoms with Crippen molar-refractivity contribution in [1.82, 2.24) is 24.7 Å². The Hall–Kier alpha value is -7.40. The number of unbranched alkanes of at least 4 members (excludes halogenated alkanes) is 1. The van der Waals surface area contributed by atoms with E-state index in [4.69, 9.17) is 12.8 Å². The third kappa shape index (κ3) is 90.8. The van der Waals surface area contributed by atoms with Crippen molar-refractivity contribution >= 4 is 77.9 Å². The lowest BCUT2D eigenvalue weighted by molar-refractivity contribution is -0.130. The maximum atomic E-state index is 11.8. The second-order valence-corrected chi connectivity index (χ2v) is 47.5. The van der Waals surface area contributed by atoms with Crippen molar-refractivity contribution in [2.45, 2.75) is 362 Å². The number of carbonyl (C=O) groups is 10. The monoisotopic (exact) mass is 1780 g/mol. The highest BCUT2D eigenvalue weighted by molar-refractivity contribution is 7.95. The van der Waals surface area contributed by atoms with Crippen LogP contribution >= 0.6 is 0 Å². The highest BCUT2D eigenvalue weighted by atomic mass is 32.2. The fourth-order valence-corrected chi connectivity index (χ4v) is 9.83. The van der Waals surface area contributed by atoms with Gasteiger partial charge in [-0.25, -0.2) is 21.6 Å². The second-order valence-electron chi connectivity index (χ2n) is 43.3. The van der Waals surface area contributed by atoms with Gasteiger partial charge in [0.2, 0.25) is 33.4 Å². The minimum Gasteiger partial charge on any atom is -0.348 e. The summed E-state index contributed by atoms with van der Waals surface area (Å²) in [5, 5.41) is 4.61. The van der Waals surface area contributed by atoms with Gasteiger partial charge < -0.3 is 20.0 Å². The van der Waals surface area contributed by atoms with Gasteiger partial charge in [0, 0.05) is 92.4 Å². The van der Waals surface area contributed by atoms with Crippen LogP contribution in [0.5, 0.6) is 0 Å². The summed E-state index contributed by atoms with van der Waals surface area (Å²) in [6.07, 6.45) is 40.7. The first-order chi connectivity index (χ1) is 55.0. The van der Waals surface area contributed by atoms with E-state index in [9.17, 15) is 64.8 Å². The van der Waals surface area contributed by atoms with Crippen LogP contribution in [0.25, 0.3) is 0 Å². The number of ketones is 8. The summed E-state index contributed by atoms with van der Waals surface area (Å²) in [5.74, 6) is 5.17. The van der Waals surface area contributed by atoms with Crippen molar-refractivity contribution < 1.29 is 64.8 Å². The number of Topliss-reactive ketones (excluding diaryl/α,β-unsaturated/α-hetero) is 4. The Labute approximate surface area is 761 Å². The zero-order valence-electron chi connectivity index (χ0n) is 86.7. The third-order valence-electron chi connectivity index (χ3n) is 15.4. The molecule has 0 fully saturated rings. The zero-order chi connectivity index (χ0) is 101. The zero-order valence-corrected chi connectivity index (χ0v) is 88.3. The lowest BCUT2D eigenvalue weighted by atomic mass is 9.82. The Morgan fingerprint density at radius 1 is 0.444 bits per heavy atom. The van der Waals surface area contributed by atoms with Gasteiger partial charge in [-0.2, -0.15) is 0 Å². The standard InChI is InChI=1S/C11H21NO.C11H18O.2C10H19NO.C10H16O.C10H18O.C8H12O.C7H13NO.C7H12O.C7H10O.C6H13NO2S.C6H12O2S/c1-11(2,3)9-10(13)7-6-8-12(4)5;1-11(2,3)10(12)9-7-5-4-6-8-9;1-10(2,3)9(12)7-6-8-11(4)5;1-6-8-11(9(12)7-2)10(3,4)5;1-10(2,3)9(11)8-6-4-5-7-8;1-5-6-7-8-9(11)10(2,3)4;1-5-7(9)6-8(2,3)4;1-5-6(9)8-7(2,3)4;2*1-5-6(8)7(2,3)4;1-5-10(8,9)7-6(2,3)4;1-5-9(7,8)6(2,3)4/h6-7H,8-9H2,1-5H3;7H,4-6,8H2,1-3H3;6-7H,8H2,1-5H3;7H,2,6,8H2,1,3-5H3;6H,4-5,7H2,1-3H3;7-8H,5-6H2,1-4H3;1H,6H2,2-4H3;5H,1H2,2-4H3,(H,8,9);5H,1H2,2-4H3;1H,2-4H3;5,7H,1H2,2-4H3;5H,1H2,2-4H3/b7-6+;;7-6+;;;8-7+;;;;;;. The van der Waals surface area contributed by atoms with Gasteiger partial charge >= 0.3 is 0 Å². The first kappa shape index (κ1) is 137. The molecule has 0 atom stereocenters. The molecule has 0 radical (unpaired) electrons. The molecule has 0 bridgehead atoms. The van der Waals surface area contributed by atoms with Crippen LogP contribution in [0.1, 0.15) is 340 Å². The van der Waals surface area contributed by atoms with E-state index in [0.29, 0.717) is 24.4 Å². The maximum absolute atomic E-state index is 11.8. The van der Waals surface area contributed by atoms with Gasteiger partial charge in [0.1, 0.15) is 0 Å². The van der Waals surface area contributed by atoms with Gasteiger partial charge in [-0.1, -0.05) is 250 Å². The summed E-state index contributed by atoms with van der Waals surface area (Å²) < 4.78 is 45.1. The van der Waals surface area contributed by atoms with E-state index in [1.165, 1.54) is 31.1 Å². The van der Waals surface area contributed by atoms with Crippen molar-refractivity contribution in [3.63, 3.8) is 0 Å². The Morgan fingerprint density at radius 3 is 1.01 bits per heavy atom. The topological polar surface area (TPSA) is 273 Å². The highest BCUT2D eigenvalue weighted by Crippen LogP contribution is 2.29. The van der Waals surface area contributed by atoms with Crippen molar-refractivity contribution in [3.8, 4) is 24.7 Å². The minimum atomic E-state index is -3.26. The molecule has 0 heterocycles. The number of terminal acetylenes is 2. The minimum absolute atomic E-state index is 0.0179. The Morgan fingerprint density at radius 2 is 0.823 bits per heavy atom. The Kier molecular flexibility index (Phi) is 71.2. The number of sulfone groups is 1. The fraction of sp³-hybridized carbons (Fsp3) is 0.670. The number of nitrogens with zero attached hydrogens (tertiary/aromatic N) is 3. The summed E-state index contributed by atoms with van der Waals surface area (Å²) in [6.45, 7) is 92.0. The molecule has 2 aliphatic carbocycles. The lowest BCUT2D eigenvalue weighted by Gasteiger charge is -2.34. The molecular weight excluding hydrogens is 1600 g/mol. The fourth-order valence-electron chi connectivity index (χ4n) is 8.39. The summed E-state index contributed by atoms with van der Waals surface area (Å²) in [5.41, 5.74) is 0.122. The summed E-state index contributed by atoms with van der Waals surface area (Å²) in [4.78, 5) is 117.